The number of piperazine rings is 1. The third kappa shape index (κ3) is 3.43. The van der Waals surface area contributed by atoms with E-state index in [0.29, 0.717) is 26.2 Å². The van der Waals surface area contributed by atoms with Crippen LogP contribution in [0.4, 0.5) is 5.95 Å². The lowest BCUT2D eigenvalue weighted by molar-refractivity contribution is 0.0751. The first-order valence-electron chi connectivity index (χ1n) is 11.0. The SMILES string of the molecule is Cc1ccc(-c2nnc3c4ccccc4nc(N4CCN(C(=O)c5cccs5)CC4)n23)cc1. The summed E-state index contributed by atoms with van der Waals surface area (Å²) in [5, 5.41) is 12.0. The highest BCUT2D eigenvalue weighted by Crippen LogP contribution is 2.29. The molecule has 0 atom stereocenters. The number of fused-ring (bicyclic) bond motifs is 3. The van der Waals surface area contributed by atoms with Crippen LogP contribution in [0.2, 0.25) is 0 Å². The third-order valence-electron chi connectivity index (χ3n) is 6.12. The van der Waals surface area contributed by atoms with Crippen molar-refractivity contribution in [2.75, 3.05) is 31.1 Å². The fraction of sp³-hybridized carbons (Fsp3) is 0.200. The number of benzene rings is 2. The van der Waals surface area contributed by atoms with Crippen molar-refractivity contribution in [2.45, 2.75) is 6.92 Å². The van der Waals surface area contributed by atoms with Crippen LogP contribution in [-0.2, 0) is 0 Å². The van der Waals surface area contributed by atoms with Crippen LogP contribution < -0.4 is 4.90 Å². The molecule has 0 bridgehead atoms. The van der Waals surface area contributed by atoms with Crippen LogP contribution in [-0.4, -0.2) is 56.6 Å². The fourth-order valence-corrected chi connectivity index (χ4v) is 5.02. The van der Waals surface area contributed by atoms with Crippen molar-refractivity contribution in [3.05, 3.63) is 76.5 Å². The fourth-order valence-electron chi connectivity index (χ4n) is 4.33. The number of hydrogen-bond donors (Lipinski definition) is 0. The van der Waals surface area contributed by atoms with Crippen LogP contribution in [0.5, 0.6) is 0 Å². The molecule has 2 aromatic carbocycles. The predicted octanol–water partition coefficient (Wildman–Crippen LogP) is 4.28. The smallest absolute Gasteiger partial charge is 0.264 e. The van der Waals surface area contributed by atoms with Gasteiger partial charge in [0.05, 0.1) is 10.4 Å². The zero-order chi connectivity index (χ0) is 22.4. The summed E-state index contributed by atoms with van der Waals surface area (Å²) in [4.78, 5) is 22.8. The molecule has 8 heteroatoms. The number of anilines is 1. The topological polar surface area (TPSA) is 66.6 Å². The Hall–Kier alpha value is -3.78. The zero-order valence-corrected chi connectivity index (χ0v) is 19.0. The average molecular weight is 455 g/mol. The predicted molar refractivity (Wildman–Crippen MR) is 131 cm³/mol. The first kappa shape index (κ1) is 19.9. The molecule has 1 fully saturated rings. The number of aromatic nitrogens is 4. The lowest BCUT2D eigenvalue weighted by atomic mass is 10.1. The molecule has 33 heavy (non-hydrogen) atoms. The molecule has 5 aromatic rings. The summed E-state index contributed by atoms with van der Waals surface area (Å²) in [6.45, 7) is 4.76. The average Bonchev–Trinajstić information content (AvgIpc) is 3.55. The molecule has 7 nitrogen and oxygen atoms in total. The van der Waals surface area contributed by atoms with Crippen molar-refractivity contribution >= 4 is 39.7 Å². The van der Waals surface area contributed by atoms with Gasteiger partial charge in [-0.05, 0) is 30.5 Å². The minimum absolute atomic E-state index is 0.103. The molecule has 4 heterocycles. The summed E-state index contributed by atoms with van der Waals surface area (Å²) in [5.41, 5.74) is 3.88. The molecule has 1 aliphatic rings. The van der Waals surface area contributed by atoms with E-state index in [1.165, 1.54) is 16.9 Å². The second kappa shape index (κ2) is 7.97. The third-order valence-corrected chi connectivity index (χ3v) is 6.98. The molecule has 0 radical (unpaired) electrons. The standard InChI is InChI=1S/C25H22N6OS/c1-17-8-10-18(11-9-17)22-27-28-23-19-5-2-3-6-20(19)26-25(31(22)23)30-14-12-29(13-15-30)24(32)21-7-4-16-33-21/h2-11,16H,12-15H2,1H3. The minimum atomic E-state index is 0.103. The van der Waals surface area contributed by atoms with Gasteiger partial charge in [0, 0.05) is 37.1 Å². The highest BCUT2D eigenvalue weighted by atomic mass is 32.1. The Morgan fingerprint density at radius 3 is 2.45 bits per heavy atom. The normalized spacial score (nSPS) is 14.3. The zero-order valence-electron chi connectivity index (χ0n) is 18.2. The largest absolute Gasteiger partial charge is 0.338 e. The van der Waals surface area contributed by atoms with Gasteiger partial charge in [0.25, 0.3) is 5.91 Å². The van der Waals surface area contributed by atoms with Gasteiger partial charge in [0.2, 0.25) is 5.95 Å². The molecule has 0 saturated carbocycles. The monoisotopic (exact) mass is 454 g/mol. The molecule has 0 aliphatic carbocycles. The van der Waals surface area contributed by atoms with Gasteiger partial charge in [-0.15, -0.1) is 21.5 Å². The number of amides is 1. The number of thiophene rings is 1. The van der Waals surface area contributed by atoms with Crippen molar-refractivity contribution in [1.82, 2.24) is 24.5 Å². The van der Waals surface area contributed by atoms with Gasteiger partial charge >= 0.3 is 0 Å². The minimum Gasteiger partial charge on any atom is -0.338 e. The highest BCUT2D eigenvalue weighted by Gasteiger charge is 2.26. The summed E-state index contributed by atoms with van der Waals surface area (Å²) in [6.07, 6.45) is 0. The molecule has 1 amide bonds. The number of rotatable bonds is 3. The van der Waals surface area contributed by atoms with E-state index in [2.05, 4.69) is 50.7 Å². The quantitative estimate of drug-likeness (QED) is 0.407. The van der Waals surface area contributed by atoms with Crippen LogP contribution in [0, 0.1) is 6.92 Å². The van der Waals surface area contributed by atoms with Gasteiger partial charge in [-0.1, -0.05) is 48.0 Å². The van der Waals surface area contributed by atoms with Crippen LogP contribution in [0.1, 0.15) is 15.2 Å². The maximum Gasteiger partial charge on any atom is 0.264 e. The van der Waals surface area contributed by atoms with Gasteiger partial charge < -0.3 is 9.80 Å². The molecule has 164 valence electrons. The maximum absolute atomic E-state index is 12.8. The second-order valence-corrected chi connectivity index (χ2v) is 9.18. The van der Waals surface area contributed by atoms with Crippen molar-refractivity contribution in [3.8, 4) is 11.4 Å². The molecular formula is C25H22N6OS. The first-order chi connectivity index (χ1) is 16.2. The molecule has 0 N–H and O–H groups in total. The van der Waals surface area contributed by atoms with Crippen molar-refractivity contribution in [3.63, 3.8) is 0 Å². The van der Waals surface area contributed by atoms with E-state index >= 15 is 0 Å². The van der Waals surface area contributed by atoms with Crippen molar-refractivity contribution in [2.24, 2.45) is 0 Å². The highest BCUT2D eigenvalue weighted by molar-refractivity contribution is 7.12. The number of para-hydroxylation sites is 1. The van der Waals surface area contributed by atoms with Gasteiger partial charge in [0.15, 0.2) is 11.5 Å². The molecule has 0 unspecified atom stereocenters. The molecule has 0 spiro atoms. The van der Waals surface area contributed by atoms with E-state index in [4.69, 9.17) is 4.98 Å². The number of carbonyl (C=O) groups is 1. The first-order valence-corrected chi connectivity index (χ1v) is 11.9. The number of hydrogen-bond acceptors (Lipinski definition) is 6. The molecule has 6 rings (SSSR count). The van der Waals surface area contributed by atoms with Crippen LogP contribution >= 0.6 is 11.3 Å². The van der Waals surface area contributed by atoms with Gasteiger partial charge in [-0.25, -0.2) is 9.38 Å². The van der Waals surface area contributed by atoms with Crippen LogP contribution in [0.25, 0.3) is 27.9 Å². The van der Waals surface area contributed by atoms with E-state index in [9.17, 15) is 4.79 Å². The summed E-state index contributed by atoms with van der Waals surface area (Å²) in [7, 11) is 0. The van der Waals surface area contributed by atoms with E-state index in [1.807, 2.05) is 46.7 Å². The summed E-state index contributed by atoms with van der Waals surface area (Å²) in [6, 6.07) is 20.1. The Morgan fingerprint density at radius 1 is 0.909 bits per heavy atom. The second-order valence-electron chi connectivity index (χ2n) is 8.23. The molecule has 3 aromatic heterocycles. The summed E-state index contributed by atoms with van der Waals surface area (Å²) < 4.78 is 2.06. The lowest BCUT2D eigenvalue weighted by Crippen LogP contribution is -2.49. The van der Waals surface area contributed by atoms with Crippen molar-refractivity contribution < 1.29 is 4.79 Å². The summed E-state index contributed by atoms with van der Waals surface area (Å²) >= 11 is 1.49. The maximum atomic E-state index is 12.8. The van der Waals surface area contributed by atoms with Gasteiger partial charge in [0.1, 0.15) is 0 Å². The van der Waals surface area contributed by atoms with Gasteiger partial charge in [-0.3, -0.25) is 4.79 Å². The molecule has 1 aliphatic heterocycles. The molecular weight excluding hydrogens is 432 g/mol. The lowest BCUT2D eigenvalue weighted by Gasteiger charge is -2.35. The Morgan fingerprint density at radius 2 is 1.70 bits per heavy atom. The van der Waals surface area contributed by atoms with Crippen molar-refractivity contribution in [1.29, 1.82) is 0 Å². The Balaban J connectivity index is 1.41. The number of aryl methyl sites for hydroxylation is 1. The van der Waals surface area contributed by atoms with Gasteiger partial charge in [-0.2, -0.15) is 0 Å². The van der Waals surface area contributed by atoms with Crippen LogP contribution in [0.15, 0.2) is 66.0 Å². The Bertz CT molecular complexity index is 1450. The van der Waals surface area contributed by atoms with E-state index in [1.54, 1.807) is 0 Å². The van der Waals surface area contributed by atoms with Crippen LogP contribution in [0.3, 0.4) is 0 Å². The van der Waals surface area contributed by atoms with E-state index in [0.717, 1.165) is 38.8 Å². The number of nitrogens with zero attached hydrogens (tertiary/aromatic N) is 6. The molecule has 1 saturated heterocycles. The summed E-state index contributed by atoms with van der Waals surface area (Å²) in [5.74, 6) is 1.69. The van der Waals surface area contributed by atoms with E-state index in [-0.39, 0.29) is 5.91 Å². The number of carbonyl (C=O) groups excluding carboxylic acids is 1. The van der Waals surface area contributed by atoms with E-state index < -0.39 is 0 Å². The Labute approximate surface area is 194 Å². The Kier molecular flexibility index (Phi) is 4.80.